The first-order chi connectivity index (χ1) is 12.0. The number of hydrogen-bond donors (Lipinski definition) is 0. The minimum Gasteiger partial charge on any atom is -0.466 e. The van der Waals surface area contributed by atoms with E-state index in [-0.39, 0.29) is 18.0 Å². The van der Waals surface area contributed by atoms with Gasteiger partial charge in [-0.15, -0.1) is 0 Å². The molecule has 4 heteroatoms. The van der Waals surface area contributed by atoms with Crippen LogP contribution < -0.4 is 0 Å². The van der Waals surface area contributed by atoms with Gasteiger partial charge >= 0.3 is 11.9 Å². The van der Waals surface area contributed by atoms with Crippen LogP contribution >= 0.6 is 0 Å². The molecular formula is C21H40O4. The summed E-state index contributed by atoms with van der Waals surface area (Å²) in [6.07, 6.45) is 11.5. The molecule has 0 saturated heterocycles. The Morgan fingerprint density at radius 3 is 1.96 bits per heavy atom. The van der Waals surface area contributed by atoms with E-state index in [2.05, 4.69) is 20.8 Å². The van der Waals surface area contributed by atoms with Crippen molar-refractivity contribution in [3.63, 3.8) is 0 Å². The van der Waals surface area contributed by atoms with Gasteiger partial charge in [-0.1, -0.05) is 65.7 Å². The molecule has 0 bridgehead atoms. The summed E-state index contributed by atoms with van der Waals surface area (Å²) in [5.74, 6) is 0.158. The minimum atomic E-state index is -0.126. The molecule has 0 spiro atoms. The standard InChI is InChI=1S/C21H40O4/c1-5-7-8-9-10-14-17-24-20(22)15-12-11-13-16-21(23)25-19(4)18(3)6-2/h18-19H,5-17H2,1-4H3. The lowest BCUT2D eigenvalue weighted by molar-refractivity contribution is -0.150. The van der Waals surface area contributed by atoms with Crippen LogP contribution in [0.5, 0.6) is 0 Å². The van der Waals surface area contributed by atoms with E-state index >= 15 is 0 Å². The number of ether oxygens (including phenoxy) is 2. The Morgan fingerprint density at radius 2 is 1.32 bits per heavy atom. The Kier molecular flexibility index (Phi) is 15.7. The molecule has 0 fully saturated rings. The third-order valence-electron chi connectivity index (χ3n) is 4.79. The smallest absolute Gasteiger partial charge is 0.306 e. The monoisotopic (exact) mass is 356 g/mol. The zero-order valence-corrected chi connectivity index (χ0v) is 17.0. The van der Waals surface area contributed by atoms with Crippen molar-refractivity contribution in [2.75, 3.05) is 6.61 Å². The Hall–Kier alpha value is -1.06. The van der Waals surface area contributed by atoms with Crippen LogP contribution in [0.4, 0.5) is 0 Å². The predicted octanol–water partition coefficient (Wildman–Crippen LogP) is 5.82. The van der Waals surface area contributed by atoms with Gasteiger partial charge in [0.1, 0.15) is 6.10 Å². The molecule has 0 N–H and O–H groups in total. The van der Waals surface area contributed by atoms with Crippen molar-refractivity contribution in [2.45, 2.75) is 111 Å². The zero-order chi connectivity index (χ0) is 18.9. The zero-order valence-electron chi connectivity index (χ0n) is 17.0. The topological polar surface area (TPSA) is 52.6 Å². The van der Waals surface area contributed by atoms with E-state index < -0.39 is 0 Å². The molecule has 0 amide bonds. The predicted molar refractivity (Wildman–Crippen MR) is 102 cm³/mol. The fourth-order valence-corrected chi connectivity index (χ4v) is 2.57. The van der Waals surface area contributed by atoms with Gasteiger partial charge in [0.05, 0.1) is 6.61 Å². The number of carbonyl (C=O) groups is 2. The number of hydrogen-bond acceptors (Lipinski definition) is 4. The molecule has 0 aromatic rings. The second-order valence-electron chi connectivity index (χ2n) is 7.13. The average molecular weight is 357 g/mol. The summed E-state index contributed by atoms with van der Waals surface area (Å²) in [5, 5.41) is 0. The van der Waals surface area contributed by atoms with E-state index in [4.69, 9.17) is 9.47 Å². The number of carbonyl (C=O) groups excluding carboxylic acids is 2. The van der Waals surface area contributed by atoms with Gasteiger partial charge in [-0.05, 0) is 32.1 Å². The lowest BCUT2D eigenvalue weighted by atomic mass is 10.0. The molecule has 2 unspecified atom stereocenters. The van der Waals surface area contributed by atoms with Crippen LogP contribution in [0.2, 0.25) is 0 Å². The summed E-state index contributed by atoms with van der Waals surface area (Å²) in [6.45, 7) is 8.89. The maximum absolute atomic E-state index is 11.7. The van der Waals surface area contributed by atoms with Crippen LogP contribution in [0.1, 0.15) is 105 Å². The van der Waals surface area contributed by atoms with E-state index in [9.17, 15) is 9.59 Å². The van der Waals surface area contributed by atoms with Crippen molar-refractivity contribution in [1.29, 1.82) is 0 Å². The third-order valence-corrected chi connectivity index (χ3v) is 4.79. The number of esters is 2. The second-order valence-corrected chi connectivity index (χ2v) is 7.13. The van der Waals surface area contributed by atoms with Crippen LogP contribution in [0.3, 0.4) is 0 Å². The first-order valence-corrected chi connectivity index (χ1v) is 10.4. The molecule has 2 atom stereocenters. The third kappa shape index (κ3) is 14.9. The fourth-order valence-electron chi connectivity index (χ4n) is 2.57. The molecular weight excluding hydrogens is 316 g/mol. The van der Waals surface area contributed by atoms with E-state index in [1.54, 1.807) is 0 Å². The van der Waals surface area contributed by atoms with Crippen LogP contribution in [0.15, 0.2) is 0 Å². The Morgan fingerprint density at radius 1 is 0.760 bits per heavy atom. The molecule has 0 aromatic carbocycles. The van der Waals surface area contributed by atoms with Crippen molar-refractivity contribution in [3.05, 3.63) is 0 Å². The summed E-state index contributed by atoms with van der Waals surface area (Å²) in [4.78, 5) is 23.3. The number of rotatable bonds is 16. The highest BCUT2D eigenvalue weighted by atomic mass is 16.5. The molecule has 0 rings (SSSR count). The Labute approximate surface area is 155 Å². The first-order valence-electron chi connectivity index (χ1n) is 10.4. The quantitative estimate of drug-likeness (QED) is 0.258. The van der Waals surface area contributed by atoms with Gasteiger partial charge in [0.25, 0.3) is 0 Å². The summed E-state index contributed by atoms with van der Waals surface area (Å²) in [7, 11) is 0. The summed E-state index contributed by atoms with van der Waals surface area (Å²) in [6, 6.07) is 0. The molecule has 4 nitrogen and oxygen atoms in total. The van der Waals surface area contributed by atoms with E-state index in [0.29, 0.717) is 25.4 Å². The van der Waals surface area contributed by atoms with Gasteiger partial charge in [-0.3, -0.25) is 9.59 Å². The van der Waals surface area contributed by atoms with Crippen molar-refractivity contribution in [2.24, 2.45) is 5.92 Å². The molecule has 0 radical (unpaired) electrons. The highest BCUT2D eigenvalue weighted by Gasteiger charge is 2.14. The molecule has 0 aliphatic heterocycles. The van der Waals surface area contributed by atoms with Crippen LogP contribution in [0.25, 0.3) is 0 Å². The van der Waals surface area contributed by atoms with Crippen LogP contribution in [0, 0.1) is 5.92 Å². The summed E-state index contributed by atoms with van der Waals surface area (Å²) in [5.41, 5.74) is 0. The summed E-state index contributed by atoms with van der Waals surface area (Å²) < 4.78 is 10.6. The van der Waals surface area contributed by atoms with Crippen molar-refractivity contribution >= 4 is 11.9 Å². The van der Waals surface area contributed by atoms with Crippen LogP contribution in [-0.4, -0.2) is 24.6 Å². The molecule has 0 aromatic heterocycles. The lowest BCUT2D eigenvalue weighted by Gasteiger charge is -2.18. The SMILES string of the molecule is CCCCCCCCOC(=O)CCCCCC(=O)OC(C)C(C)CC. The van der Waals surface area contributed by atoms with E-state index in [1.165, 1.54) is 25.7 Å². The molecule has 148 valence electrons. The van der Waals surface area contributed by atoms with Crippen LogP contribution in [-0.2, 0) is 19.1 Å². The van der Waals surface area contributed by atoms with Crippen molar-refractivity contribution in [1.82, 2.24) is 0 Å². The first kappa shape index (κ1) is 23.9. The van der Waals surface area contributed by atoms with Gasteiger partial charge in [-0.25, -0.2) is 0 Å². The summed E-state index contributed by atoms with van der Waals surface area (Å²) >= 11 is 0. The normalized spacial score (nSPS) is 13.3. The second kappa shape index (κ2) is 16.4. The fraction of sp³-hybridized carbons (Fsp3) is 0.905. The molecule has 0 saturated carbocycles. The molecule has 0 aliphatic rings. The number of unbranched alkanes of at least 4 members (excludes halogenated alkanes) is 7. The largest absolute Gasteiger partial charge is 0.466 e. The van der Waals surface area contributed by atoms with Crippen molar-refractivity contribution < 1.29 is 19.1 Å². The average Bonchev–Trinajstić information content (AvgIpc) is 2.59. The van der Waals surface area contributed by atoms with Gasteiger partial charge in [-0.2, -0.15) is 0 Å². The molecule has 0 heterocycles. The maximum Gasteiger partial charge on any atom is 0.306 e. The van der Waals surface area contributed by atoms with Crippen molar-refractivity contribution in [3.8, 4) is 0 Å². The minimum absolute atomic E-state index is 0.0190. The molecule has 0 aliphatic carbocycles. The highest BCUT2D eigenvalue weighted by molar-refractivity contribution is 5.70. The highest BCUT2D eigenvalue weighted by Crippen LogP contribution is 2.13. The van der Waals surface area contributed by atoms with E-state index in [0.717, 1.165) is 38.5 Å². The van der Waals surface area contributed by atoms with E-state index in [1.807, 2.05) is 6.92 Å². The molecule has 25 heavy (non-hydrogen) atoms. The maximum atomic E-state index is 11.7. The Balaban J connectivity index is 3.46. The Bertz CT molecular complexity index is 341. The van der Waals surface area contributed by atoms with Gasteiger partial charge in [0.2, 0.25) is 0 Å². The van der Waals surface area contributed by atoms with Gasteiger partial charge in [0, 0.05) is 12.8 Å². The van der Waals surface area contributed by atoms with Gasteiger partial charge < -0.3 is 9.47 Å². The van der Waals surface area contributed by atoms with Gasteiger partial charge in [0.15, 0.2) is 0 Å². The lowest BCUT2D eigenvalue weighted by Crippen LogP contribution is -2.21.